The molecule has 3 rings (SSSR count). The van der Waals surface area contributed by atoms with Crippen LogP contribution in [0.1, 0.15) is 27.0 Å². The smallest absolute Gasteiger partial charge is 0.459 e. The first kappa shape index (κ1) is 29.6. The van der Waals surface area contributed by atoms with Gasteiger partial charge in [0, 0.05) is 6.20 Å². The molecule has 0 aliphatic carbocycles. The summed E-state index contributed by atoms with van der Waals surface area (Å²) in [6, 6.07) is 7.41. The fourth-order valence-corrected chi connectivity index (χ4v) is 5.06. The van der Waals surface area contributed by atoms with Crippen molar-refractivity contribution in [1.82, 2.24) is 14.6 Å². The van der Waals surface area contributed by atoms with E-state index in [1.54, 1.807) is 32.0 Å². The van der Waals surface area contributed by atoms with Gasteiger partial charge in [0.05, 0.1) is 12.7 Å². The number of esters is 1. The zero-order valence-corrected chi connectivity index (χ0v) is 21.5. The highest BCUT2D eigenvalue weighted by Gasteiger charge is 2.61. The Hall–Kier alpha value is -2.94. The van der Waals surface area contributed by atoms with Gasteiger partial charge in [0.25, 0.3) is 6.43 Å². The van der Waals surface area contributed by atoms with Crippen molar-refractivity contribution in [2.75, 3.05) is 12.3 Å². The normalized spacial score (nSPS) is 25.8. The number of hydrogen-bond donors (Lipinski definition) is 4. The molecule has 0 spiro atoms. The van der Waals surface area contributed by atoms with Crippen LogP contribution >= 0.6 is 7.75 Å². The van der Waals surface area contributed by atoms with E-state index in [1.165, 1.54) is 19.1 Å². The Kier molecular flexibility index (Phi) is 9.23. The molecule has 1 unspecified atom stereocenters. The molecule has 13 nitrogen and oxygen atoms in total. The van der Waals surface area contributed by atoms with Gasteiger partial charge < -0.3 is 29.9 Å². The van der Waals surface area contributed by atoms with Crippen molar-refractivity contribution < 1.29 is 46.9 Å². The SMILES string of the molecule is CC(C)OC(=O)[C@H](C)NP(=O)(OC[C@@]1(C(F)F)O[C@@H](n2ccc(N)nc2=O)[C@@H](O)[C@@H]1O)Oc1ccccc1. The van der Waals surface area contributed by atoms with Crippen molar-refractivity contribution in [3.8, 4) is 5.75 Å². The van der Waals surface area contributed by atoms with E-state index in [-0.39, 0.29) is 11.6 Å². The molecule has 0 saturated carbocycles. The summed E-state index contributed by atoms with van der Waals surface area (Å²) >= 11 is 0. The molecule has 38 heavy (non-hydrogen) atoms. The van der Waals surface area contributed by atoms with Gasteiger partial charge in [0.2, 0.25) is 0 Å². The maximum Gasteiger partial charge on any atom is 0.459 e. The third-order valence-corrected chi connectivity index (χ3v) is 7.06. The standard InChI is InChI=1S/C22H29F2N4O9P/c1-12(2)35-19(31)13(3)27-38(33,37-14-7-5-4-6-8-14)34-11-22(20(23)24)17(30)16(29)18(36-22)28-10-9-15(25)26-21(28)32/h4-10,12-13,16-18,20,29-30H,11H2,1-3H3,(H,27,33)(H2,25,26,32)/t13-,16-,17-,18+,22+,38?/m0/s1. The Bertz CT molecular complexity index is 1220. The number of ether oxygens (including phenoxy) is 2. The number of nitrogens with two attached hydrogens (primary N) is 1. The molecule has 6 atom stereocenters. The molecule has 0 radical (unpaired) electrons. The Morgan fingerprint density at radius 2 is 1.92 bits per heavy atom. The van der Waals surface area contributed by atoms with E-state index in [0.29, 0.717) is 4.57 Å². The summed E-state index contributed by atoms with van der Waals surface area (Å²) in [5, 5.41) is 23.4. The number of anilines is 1. The number of aromatic nitrogens is 2. The highest BCUT2D eigenvalue weighted by molar-refractivity contribution is 7.52. The molecule has 1 fully saturated rings. The lowest BCUT2D eigenvalue weighted by molar-refractivity contribution is -0.192. The molecule has 1 aromatic heterocycles. The largest absolute Gasteiger partial charge is 0.462 e. The van der Waals surface area contributed by atoms with Gasteiger partial charge in [-0.15, -0.1) is 0 Å². The molecular formula is C22H29F2N4O9P. The third kappa shape index (κ3) is 6.54. The number of carbonyl (C=O) groups is 1. The number of alkyl halides is 2. The van der Waals surface area contributed by atoms with Gasteiger partial charge in [-0.05, 0) is 39.0 Å². The van der Waals surface area contributed by atoms with Gasteiger partial charge in [-0.25, -0.2) is 18.1 Å². The lowest BCUT2D eigenvalue weighted by atomic mass is 9.96. The Balaban J connectivity index is 1.90. The molecular weight excluding hydrogens is 533 g/mol. The highest BCUT2D eigenvalue weighted by atomic mass is 31.2. The number of rotatable bonds is 11. The van der Waals surface area contributed by atoms with E-state index in [2.05, 4.69) is 10.1 Å². The second-order valence-electron chi connectivity index (χ2n) is 8.75. The first-order chi connectivity index (χ1) is 17.8. The van der Waals surface area contributed by atoms with Crippen molar-refractivity contribution in [3.63, 3.8) is 0 Å². The fourth-order valence-electron chi connectivity index (χ4n) is 3.53. The minimum atomic E-state index is -4.64. The number of aliphatic hydroxyl groups is 2. The van der Waals surface area contributed by atoms with Gasteiger partial charge in [-0.3, -0.25) is 13.9 Å². The van der Waals surface area contributed by atoms with Gasteiger partial charge >= 0.3 is 19.4 Å². The minimum Gasteiger partial charge on any atom is -0.462 e. The summed E-state index contributed by atoms with van der Waals surface area (Å²) in [6.07, 6.45) is -9.14. The van der Waals surface area contributed by atoms with Gasteiger partial charge in [-0.2, -0.15) is 10.1 Å². The Morgan fingerprint density at radius 1 is 1.26 bits per heavy atom. The van der Waals surface area contributed by atoms with Crippen molar-refractivity contribution in [2.45, 2.75) is 63.4 Å². The Labute approximate surface area is 216 Å². The quantitative estimate of drug-likeness (QED) is 0.227. The van der Waals surface area contributed by atoms with Crippen LogP contribution in [0.4, 0.5) is 14.6 Å². The average molecular weight is 562 g/mol. The molecule has 1 aliphatic heterocycles. The first-order valence-electron chi connectivity index (χ1n) is 11.4. The summed E-state index contributed by atoms with van der Waals surface area (Å²) in [4.78, 5) is 27.9. The van der Waals surface area contributed by atoms with Crippen molar-refractivity contribution in [1.29, 1.82) is 0 Å². The molecule has 210 valence electrons. The summed E-state index contributed by atoms with van der Waals surface area (Å²) in [7, 11) is -4.64. The molecule has 2 aromatic rings. The molecule has 1 saturated heterocycles. The molecule has 1 aromatic carbocycles. The van der Waals surface area contributed by atoms with Crippen LogP contribution in [0, 0.1) is 0 Å². The number of nitrogen functional groups attached to an aromatic ring is 1. The molecule has 16 heteroatoms. The molecule has 0 bridgehead atoms. The van der Waals surface area contributed by atoms with Crippen molar-refractivity contribution in [2.24, 2.45) is 0 Å². The molecule has 5 N–H and O–H groups in total. The summed E-state index contributed by atoms with van der Waals surface area (Å²) < 4.78 is 64.1. The monoisotopic (exact) mass is 562 g/mol. The molecule has 1 aliphatic rings. The van der Waals surface area contributed by atoms with E-state index in [4.69, 9.17) is 24.3 Å². The summed E-state index contributed by atoms with van der Waals surface area (Å²) in [6.45, 7) is 3.19. The predicted octanol–water partition coefficient (Wildman–Crippen LogP) is 1.21. The molecule has 0 amide bonds. The first-order valence-corrected chi connectivity index (χ1v) is 13.0. The van der Waals surface area contributed by atoms with E-state index >= 15 is 0 Å². The van der Waals surface area contributed by atoms with E-state index < -0.39 is 68.6 Å². The van der Waals surface area contributed by atoms with E-state index in [0.717, 1.165) is 12.3 Å². The van der Waals surface area contributed by atoms with Crippen LogP contribution < -0.4 is 21.0 Å². The predicted molar refractivity (Wildman–Crippen MR) is 128 cm³/mol. The van der Waals surface area contributed by atoms with Crippen LogP contribution in [0.15, 0.2) is 47.4 Å². The van der Waals surface area contributed by atoms with Gasteiger partial charge in [0.1, 0.15) is 29.8 Å². The van der Waals surface area contributed by atoms with Crippen LogP contribution in [0.3, 0.4) is 0 Å². The zero-order valence-electron chi connectivity index (χ0n) is 20.6. The highest BCUT2D eigenvalue weighted by Crippen LogP contribution is 2.49. The van der Waals surface area contributed by atoms with Crippen LogP contribution in [0.25, 0.3) is 0 Å². The minimum absolute atomic E-state index is 0.00385. The lowest BCUT2D eigenvalue weighted by Gasteiger charge is -2.32. The van der Waals surface area contributed by atoms with Crippen molar-refractivity contribution >= 4 is 19.5 Å². The van der Waals surface area contributed by atoms with Crippen LogP contribution in [0.5, 0.6) is 5.75 Å². The maximum absolute atomic E-state index is 14.4. The molecule has 2 heterocycles. The fraction of sp³-hybridized carbons (Fsp3) is 0.500. The maximum atomic E-state index is 14.4. The number of para-hydroxylation sites is 1. The number of nitrogens with zero attached hydrogens (tertiary/aromatic N) is 2. The summed E-state index contributed by atoms with van der Waals surface area (Å²) in [5.41, 5.74) is 1.43. The number of carbonyl (C=O) groups excluding carboxylic acids is 1. The van der Waals surface area contributed by atoms with Crippen LogP contribution in [0.2, 0.25) is 0 Å². The number of hydrogen-bond acceptors (Lipinski definition) is 11. The van der Waals surface area contributed by atoms with E-state index in [9.17, 15) is 33.1 Å². The number of nitrogens with one attached hydrogen (secondary N) is 1. The van der Waals surface area contributed by atoms with E-state index in [1.807, 2.05) is 0 Å². The van der Waals surface area contributed by atoms with Crippen LogP contribution in [-0.2, 0) is 23.4 Å². The average Bonchev–Trinajstić information content (AvgIpc) is 3.09. The Morgan fingerprint density at radius 3 is 2.50 bits per heavy atom. The van der Waals surface area contributed by atoms with Crippen molar-refractivity contribution in [3.05, 3.63) is 53.1 Å². The number of benzene rings is 1. The second-order valence-corrected chi connectivity index (χ2v) is 10.4. The van der Waals surface area contributed by atoms with Gasteiger partial charge in [0.15, 0.2) is 11.8 Å². The zero-order chi connectivity index (χ0) is 28.3. The van der Waals surface area contributed by atoms with Gasteiger partial charge in [-0.1, -0.05) is 18.2 Å². The topological polar surface area (TPSA) is 184 Å². The third-order valence-electron chi connectivity index (χ3n) is 5.44. The second kappa shape index (κ2) is 11.8. The number of halogens is 2. The lowest BCUT2D eigenvalue weighted by Crippen LogP contribution is -2.53. The van der Waals surface area contributed by atoms with Crippen LogP contribution in [-0.4, -0.2) is 68.7 Å². The summed E-state index contributed by atoms with van der Waals surface area (Å²) in [5.74, 6) is -0.992. The number of aliphatic hydroxyl groups excluding tert-OH is 2.